The van der Waals surface area contributed by atoms with Crippen LogP contribution < -0.4 is 10.1 Å². The molecule has 0 atom stereocenters. The highest BCUT2D eigenvalue weighted by Gasteiger charge is 2.34. The van der Waals surface area contributed by atoms with Gasteiger partial charge in [-0.05, 0) is 31.9 Å². The van der Waals surface area contributed by atoms with Crippen molar-refractivity contribution in [1.29, 1.82) is 0 Å². The number of benzene rings is 1. The average Bonchev–Trinajstić information content (AvgIpc) is 2.90. The van der Waals surface area contributed by atoms with Crippen LogP contribution in [-0.2, 0) is 4.79 Å². The fraction of sp³-hybridized carbons (Fsp3) is 0.562. The molecule has 1 aliphatic carbocycles. The van der Waals surface area contributed by atoms with Crippen molar-refractivity contribution in [3.05, 3.63) is 29.8 Å². The van der Waals surface area contributed by atoms with Crippen molar-refractivity contribution < 1.29 is 14.6 Å². The molecule has 20 heavy (non-hydrogen) atoms. The highest BCUT2D eigenvalue weighted by Crippen LogP contribution is 2.29. The van der Waals surface area contributed by atoms with Crippen LogP contribution >= 0.6 is 0 Å². The molecular weight excluding hydrogens is 254 g/mol. The second-order valence-corrected chi connectivity index (χ2v) is 5.61. The molecular formula is C16H23NO3. The van der Waals surface area contributed by atoms with E-state index in [-0.39, 0.29) is 18.1 Å². The number of aryl methyl sites for hydroxylation is 1. The molecule has 0 spiro atoms. The van der Waals surface area contributed by atoms with Gasteiger partial charge in [-0.2, -0.15) is 0 Å². The minimum atomic E-state index is -0.388. The molecule has 1 aliphatic rings. The Labute approximate surface area is 120 Å². The van der Waals surface area contributed by atoms with Crippen molar-refractivity contribution in [2.45, 2.75) is 44.6 Å². The smallest absolute Gasteiger partial charge is 0.223 e. The van der Waals surface area contributed by atoms with E-state index in [0.29, 0.717) is 13.0 Å². The SMILES string of the molecule is Cc1ccc(OCCC(=O)NC2(CO)CCCC2)cc1. The first kappa shape index (κ1) is 14.9. The lowest BCUT2D eigenvalue weighted by Gasteiger charge is -2.27. The van der Waals surface area contributed by atoms with E-state index in [4.69, 9.17) is 4.74 Å². The van der Waals surface area contributed by atoms with Gasteiger partial charge in [0.15, 0.2) is 0 Å². The van der Waals surface area contributed by atoms with E-state index in [1.54, 1.807) is 0 Å². The predicted octanol–water partition coefficient (Wildman–Crippen LogP) is 2.19. The lowest BCUT2D eigenvalue weighted by Crippen LogP contribution is -2.49. The summed E-state index contributed by atoms with van der Waals surface area (Å²) in [6.07, 6.45) is 4.19. The minimum absolute atomic E-state index is 0.0254. The van der Waals surface area contributed by atoms with E-state index in [2.05, 4.69) is 5.32 Å². The molecule has 0 radical (unpaired) electrons. The first-order chi connectivity index (χ1) is 9.63. The standard InChI is InChI=1S/C16H23NO3/c1-13-4-6-14(7-5-13)20-11-8-15(19)17-16(12-18)9-2-3-10-16/h4-7,18H,2-3,8-12H2,1H3,(H,17,19). The van der Waals surface area contributed by atoms with Gasteiger partial charge in [0.1, 0.15) is 5.75 Å². The maximum Gasteiger partial charge on any atom is 0.223 e. The zero-order valence-corrected chi connectivity index (χ0v) is 12.0. The Kier molecular flexibility index (Phi) is 5.01. The van der Waals surface area contributed by atoms with Crippen molar-refractivity contribution in [2.24, 2.45) is 0 Å². The number of ether oxygens (including phenoxy) is 1. The number of aliphatic hydroxyl groups excluding tert-OH is 1. The fourth-order valence-electron chi connectivity index (χ4n) is 2.63. The summed E-state index contributed by atoms with van der Waals surface area (Å²) in [5.41, 5.74) is 0.794. The number of nitrogens with one attached hydrogen (secondary N) is 1. The Morgan fingerprint density at radius 3 is 2.55 bits per heavy atom. The molecule has 1 aromatic rings. The quantitative estimate of drug-likeness (QED) is 0.838. The summed E-state index contributed by atoms with van der Waals surface area (Å²) in [5, 5.41) is 12.4. The van der Waals surface area contributed by atoms with Crippen LogP contribution in [0.2, 0.25) is 0 Å². The van der Waals surface area contributed by atoms with E-state index in [0.717, 1.165) is 31.4 Å². The summed E-state index contributed by atoms with van der Waals surface area (Å²) in [6, 6.07) is 7.77. The zero-order valence-electron chi connectivity index (χ0n) is 12.0. The summed E-state index contributed by atoms with van der Waals surface area (Å²) in [7, 11) is 0. The van der Waals surface area contributed by atoms with Crippen LogP contribution in [0.4, 0.5) is 0 Å². The summed E-state index contributed by atoms with van der Waals surface area (Å²) < 4.78 is 5.54. The third kappa shape index (κ3) is 3.97. The van der Waals surface area contributed by atoms with Gasteiger partial charge in [-0.15, -0.1) is 0 Å². The van der Waals surface area contributed by atoms with Crippen molar-refractivity contribution in [3.63, 3.8) is 0 Å². The first-order valence-electron chi connectivity index (χ1n) is 7.25. The number of rotatable bonds is 6. The van der Waals surface area contributed by atoms with E-state index >= 15 is 0 Å². The minimum Gasteiger partial charge on any atom is -0.493 e. The molecule has 4 nitrogen and oxygen atoms in total. The van der Waals surface area contributed by atoms with E-state index in [1.807, 2.05) is 31.2 Å². The largest absolute Gasteiger partial charge is 0.493 e. The summed E-state index contributed by atoms with van der Waals surface area (Å²) in [6.45, 7) is 2.40. The van der Waals surface area contributed by atoms with Crippen LogP contribution in [0.25, 0.3) is 0 Å². The lowest BCUT2D eigenvalue weighted by atomic mass is 9.99. The van der Waals surface area contributed by atoms with Crippen LogP contribution in [0.3, 0.4) is 0 Å². The molecule has 0 bridgehead atoms. The van der Waals surface area contributed by atoms with Gasteiger partial charge in [0.2, 0.25) is 5.91 Å². The Bertz CT molecular complexity index is 436. The predicted molar refractivity (Wildman–Crippen MR) is 77.7 cm³/mol. The lowest BCUT2D eigenvalue weighted by molar-refractivity contribution is -0.124. The Balaban J connectivity index is 1.73. The highest BCUT2D eigenvalue weighted by atomic mass is 16.5. The van der Waals surface area contributed by atoms with E-state index < -0.39 is 0 Å². The molecule has 2 rings (SSSR count). The summed E-state index contributed by atoms with van der Waals surface area (Å²) in [4.78, 5) is 11.9. The van der Waals surface area contributed by atoms with Crippen molar-refractivity contribution in [2.75, 3.05) is 13.2 Å². The number of aliphatic hydroxyl groups is 1. The third-order valence-corrected chi connectivity index (χ3v) is 3.89. The summed E-state index contributed by atoms with van der Waals surface area (Å²) >= 11 is 0. The van der Waals surface area contributed by atoms with Crippen molar-refractivity contribution in [3.8, 4) is 5.75 Å². The molecule has 1 amide bonds. The molecule has 1 saturated carbocycles. The number of carbonyl (C=O) groups is 1. The van der Waals surface area contributed by atoms with Crippen LogP contribution in [0.5, 0.6) is 5.75 Å². The van der Waals surface area contributed by atoms with E-state index in [9.17, 15) is 9.90 Å². The maximum atomic E-state index is 11.9. The van der Waals surface area contributed by atoms with Gasteiger partial charge in [-0.3, -0.25) is 4.79 Å². The number of hydrogen-bond acceptors (Lipinski definition) is 3. The second-order valence-electron chi connectivity index (χ2n) is 5.61. The van der Waals surface area contributed by atoms with Gasteiger partial charge in [-0.25, -0.2) is 0 Å². The van der Waals surface area contributed by atoms with Crippen LogP contribution in [0, 0.1) is 6.92 Å². The van der Waals surface area contributed by atoms with Crippen LogP contribution in [0.1, 0.15) is 37.7 Å². The number of carbonyl (C=O) groups excluding carboxylic acids is 1. The first-order valence-corrected chi connectivity index (χ1v) is 7.25. The molecule has 110 valence electrons. The van der Waals surface area contributed by atoms with E-state index in [1.165, 1.54) is 5.56 Å². The topological polar surface area (TPSA) is 58.6 Å². The molecule has 0 aliphatic heterocycles. The van der Waals surface area contributed by atoms with Crippen LogP contribution in [-0.4, -0.2) is 29.8 Å². The Morgan fingerprint density at radius 1 is 1.30 bits per heavy atom. The molecule has 1 aromatic carbocycles. The zero-order chi connectivity index (χ0) is 14.4. The fourth-order valence-corrected chi connectivity index (χ4v) is 2.63. The van der Waals surface area contributed by atoms with Gasteiger partial charge in [-0.1, -0.05) is 30.5 Å². The molecule has 0 heterocycles. The monoisotopic (exact) mass is 277 g/mol. The van der Waals surface area contributed by atoms with Gasteiger partial charge in [0, 0.05) is 0 Å². The van der Waals surface area contributed by atoms with Crippen molar-refractivity contribution >= 4 is 5.91 Å². The Hall–Kier alpha value is -1.55. The highest BCUT2D eigenvalue weighted by molar-refractivity contribution is 5.77. The molecule has 4 heteroatoms. The molecule has 0 saturated heterocycles. The maximum absolute atomic E-state index is 11.9. The summed E-state index contributed by atoms with van der Waals surface area (Å²) in [5.74, 6) is 0.731. The molecule has 0 unspecified atom stereocenters. The third-order valence-electron chi connectivity index (χ3n) is 3.89. The molecule has 2 N–H and O–H groups in total. The van der Waals surface area contributed by atoms with Crippen molar-refractivity contribution in [1.82, 2.24) is 5.32 Å². The molecule has 0 aromatic heterocycles. The van der Waals surface area contributed by atoms with Gasteiger partial charge in [0.05, 0.1) is 25.2 Å². The normalized spacial score (nSPS) is 16.9. The number of hydrogen-bond donors (Lipinski definition) is 2. The average molecular weight is 277 g/mol. The van der Waals surface area contributed by atoms with Crippen LogP contribution in [0.15, 0.2) is 24.3 Å². The van der Waals surface area contributed by atoms with Gasteiger partial charge >= 0.3 is 0 Å². The Morgan fingerprint density at radius 2 is 1.95 bits per heavy atom. The number of amides is 1. The van der Waals surface area contributed by atoms with Gasteiger partial charge < -0.3 is 15.2 Å². The second kappa shape index (κ2) is 6.75. The van der Waals surface area contributed by atoms with Gasteiger partial charge in [0.25, 0.3) is 0 Å². The molecule has 1 fully saturated rings.